The highest BCUT2D eigenvalue weighted by Crippen LogP contribution is 2.21. The smallest absolute Gasteiger partial charge is 0.226 e. The summed E-state index contributed by atoms with van der Waals surface area (Å²) < 4.78 is 0. The van der Waals surface area contributed by atoms with Crippen molar-refractivity contribution in [2.45, 2.75) is 26.3 Å². The number of nitrogens with zero attached hydrogens (tertiary/aromatic N) is 1. The van der Waals surface area contributed by atoms with Gasteiger partial charge in [-0.2, -0.15) is 0 Å². The van der Waals surface area contributed by atoms with Crippen LogP contribution in [0.2, 0.25) is 0 Å². The Kier molecular flexibility index (Phi) is 5.80. The summed E-state index contributed by atoms with van der Waals surface area (Å²) >= 11 is 1.51. The number of anilines is 2. The number of thiazole rings is 1. The summed E-state index contributed by atoms with van der Waals surface area (Å²) in [5.74, 6) is -0.0204. The third-order valence-electron chi connectivity index (χ3n) is 3.84. The second-order valence-corrected chi connectivity index (χ2v) is 6.62. The van der Waals surface area contributed by atoms with Crippen LogP contribution in [0.3, 0.4) is 0 Å². The van der Waals surface area contributed by atoms with Gasteiger partial charge in [-0.1, -0.05) is 49.4 Å². The first-order valence-corrected chi connectivity index (χ1v) is 9.22. The summed E-state index contributed by atoms with van der Waals surface area (Å²) in [5, 5.41) is 8.93. The van der Waals surface area contributed by atoms with E-state index >= 15 is 0 Å². The third-order valence-corrected chi connectivity index (χ3v) is 4.65. The molecule has 1 aromatic heterocycles. The lowest BCUT2D eigenvalue weighted by molar-refractivity contribution is -0.120. The summed E-state index contributed by atoms with van der Waals surface area (Å²) in [7, 11) is 0. The highest BCUT2D eigenvalue weighted by Gasteiger charge is 2.08. The number of benzene rings is 2. The number of aryl methyl sites for hydroxylation is 1. The Hall–Kier alpha value is -2.66. The fourth-order valence-corrected chi connectivity index (χ4v) is 3.15. The Balaban J connectivity index is 1.51. The molecule has 128 valence electrons. The van der Waals surface area contributed by atoms with Gasteiger partial charge in [0.1, 0.15) is 0 Å². The third kappa shape index (κ3) is 5.16. The number of nitrogens with one attached hydrogen (secondary N) is 2. The molecule has 0 unspecified atom stereocenters. The van der Waals surface area contributed by atoms with Crippen LogP contribution in [-0.4, -0.2) is 10.9 Å². The van der Waals surface area contributed by atoms with Gasteiger partial charge in [0.2, 0.25) is 5.91 Å². The summed E-state index contributed by atoms with van der Waals surface area (Å²) in [6.07, 6.45) is 1.32. The van der Waals surface area contributed by atoms with Crippen LogP contribution in [-0.2, 0) is 24.2 Å². The molecule has 3 aromatic rings. The van der Waals surface area contributed by atoms with E-state index in [0.29, 0.717) is 13.0 Å². The topological polar surface area (TPSA) is 54.0 Å². The van der Waals surface area contributed by atoms with Gasteiger partial charge in [-0.15, -0.1) is 11.3 Å². The predicted molar refractivity (Wildman–Crippen MR) is 103 cm³/mol. The first-order chi connectivity index (χ1) is 12.2. The van der Waals surface area contributed by atoms with Crippen molar-refractivity contribution in [3.05, 3.63) is 76.8 Å². The van der Waals surface area contributed by atoms with Crippen LogP contribution >= 0.6 is 11.3 Å². The largest absolute Gasteiger partial charge is 0.352 e. The molecular formula is C20H21N3OS. The van der Waals surface area contributed by atoms with E-state index < -0.39 is 0 Å². The Morgan fingerprint density at radius 1 is 1.04 bits per heavy atom. The standard InChI is InChI=1S/C20H21N3OS/c1-2-15-8-10-17(11-9-15)22-20-23-18(14-25-20)12-19(24)21-13-16-6-4-3-5-7-16/h3-11,14H,2,12-13H2,1H3,(H,21,24)(H,22,23). The quantitative estimate of drug-likeness (QED) is 0.667. The molecule has 0 saturated heterocycles. The lowest BCUT2D eigenvalue weighted by atomic mass is 10.1. The summed E-state index contributed by atoms with van der Waals surface area (Å²) in [6, 6.07) is 18.2. The van der Waals surface area contributed by atoms with Crippen molar-refractivity contribution in [2.24, 2.45) is 0 Å². The van der Waals surface area contributed by atoms with E-state index in [2.05, 4.69) is 34.7 Å². The number of amides is 1. The van der Waals surface area contributed by atoms with Gasteiger partial charge in [0, 0.05) is 17.6 Å². The molecule has 0 aliphatic heterocycles. The molecule has 0 spiro atoms. The molecule has 5 heteroatoms. The van der Waals surface area contributed by atoms with Crippen LogP contribution < -0.4 is 10.6 Å². The molecule has 1 amide bonds. The molecule has 0 atom stereocenters. The van der Waals surface area contributed by atoms with Gasteiger partial charge in [-0.25, -0.2) is 4.98 Å². The Morgan fingerprint density at radius 3 is 2.52 bits per heavy atom. The molecule has 0 bridgehead atoms. The summed E-state index contributed by atoms with van der Waals surface area (Å²) in [6.45, 7) is 2.68. The van der Waals surface area contributed by atoms with E-state index in [9.17, 15) is 4.79 Å². The number of carbonyl (C=O) groups excluding carboxylic acids is 1. The van der Waals surface area contributed by atoms with E-state index in [-0.39, 0.29) is 5.91 Å². The minimum atomic E-state index is -0.0204. The average Bonchev–Trinajstić information content (AvgIpc) is 3.08. The van der Waals surface area contributed by atoms with Crippen LogP contribution in [0.25, 0.3) is 0 Å². The summed E-state index contributed by atoms with van der Waals surface area (Å²) in [5.41, 5.74) is 4.18. The van der Waals surface area contributed by atoms with Crippen molar-refractivity contribution in [1.82, 2.24) is 10.3 Å². The second kappa shape index (κ2) is 8.44. The Bertz CT molecular complexity index is 812. The maximum absolute atomic E-state index is 12.1. The number of aromatic nitrogens is 1. The van der Waals surface area contributed by atoms with Crippen molar-refractivity contribution in [3.8, 4) is 0 Å². The SMILES string of the molecule is CCc1ccc(Nc2nc(CC(=O)NCc3ccccc3)cs2)cc1. The number of hydrogen-bond donors (Lipinski definition) is 2. The minimum Gasteiger partial charge on any atom is -0.352 e. The number of hydrogen-bond acceptors (Lipinski definition) is 4. The predicted octanol–water partition coefficient (Wildman–Crippen LogP) is 4.31. The van der Waals surface area contributed by atoms with Gasteiger partial charge in [0.15, 0.2) is 5.13 Å². The maximum atomic E-state index is 12.1. The van der Waals surface area contributed by atoms with Gasteiger partial charge in [0.25, 0.3) is 0 Å². The Morgan fingerprint density at radius 2 is 1.80 bits per heavy atom. The van der Waals surface area contributed by atoms with Crippen molar-refractivity contribution in [3.63, 3.8) is 0 Å². The number of rotatable bonds is 7. The normalized spacial score (nSPS) is 10.4. The molecule has 0 radical (unpaired) electrons. The maximum Gasteiger partial charge on any atom is 0.226 e. The minimum absolute atomic E-state index is 0.0204. The van der Waals surface area contributed by atoms with Crippen molar-refractivity contribution < 1.29 is 4.79 Å². The van der Waals surface area contributed by atoms with E-state index in [0.717, 1.165) is 28.5 Å². The van der Waals surface area contributed by atoms with E-state index in [1.807, 2.05) is 47.8 Å². The lowest BCUT2D eigenvalue weighted by Gasteiger charge is -2.04. The van der Waals surface area contributed by atoms with Gasteiger partial charge in [0.05, 0.1) is 12.1 Å². The highest BCUT2D eigenvalue weighted by atomic mass is 32.1. The first-order valence-electron chi connectivity index (χ1n) is 8.34. The van der Waals surface area contributed by atoms with Crippen LogP contribution in [0.5, 0.6) is 0 Å². The Labute approximate surface area is 151 Å². The van der Waals surface area contributed by atoms with Crippen molar-refractivity contribution >= 4 is 28.1 Å². The first kappa shape index (κ1) is 17.2. The lowest BCUT2D eigenvalue weighted by Crippen LogP contribution is -2.24. The molecule has 1 heterocycles. The molecule has 25 heavy (non-hydrogen) atoms. The molecule has 2 aromatic carbocycles. The van der Waals surface area contributed by atoms with Gasteiger partial charge < -0.3 is 10.6 Å². The van der Waals surface area contributed by atoms with Crippen molar-refractivity contribution in [2.75, 3.05) is 5.32 Å². The molecule has 4 nitrogen and oxygen atoms in total. The molecule has 0 aliphatic rings. The fraction of sp³-hybridized carbons (Fsp3) is 0.200. The average molecular weight is 351 g/mol. The van der Waals surface area contributed by atoms with E-state index in [1.54, 1.807) is 0 Å². The molecule has 0 fully saturated rings. The van der Waals surface area contributed by atoms with E-state index in [4.69, 9.17) is 0 Å². The second-order valence-electron chi connectivity index (χ2n) is 5.76. The molecule has 2 N–H and O–H groups in total. The van der Waals surface area contributed by atoms with Gasteiger partial charge in [-0.05, 0) is 29.7 Å². The fourth-order valence-electron chi connectivity index (χ4n) is 2.42. The number of carbonyl (C=O) groups is 1. The molecule has 0 aliphatic carbocycles. The zero-order valence-corrected chi connectivity index (χ0v) is 15.0. The highest BCUT2D eigenvalue weighted by molar-refractivity contribution is 7.13. The zero-order chi connectivity index (χ0) is 17.5. The molecule has 3 rings (SSSR count). The molecular weight excluding hydrogens is 330 g/mol. The molecule has 0 saturated carbocycles. The summed E-state index contributed by atoms with van der Waals surface area (Å²) in [4.78, 5) is 16.5. The van der Waals surface area contributed by atoms with Gasteiger partial charge in [-0.3, -0.25) is 4.79 Å². The van der Waals surface area contributed by atoms with Crippen LogP contribution in [0, 0.1) is 0 Å². The van der Waals surface area contributed by atoms with E-state index in [1.165, 1.54) is 16.9 Å². The van der Waals surface area contributed by atoms with Crippen LogP contribution in [0.15, 0.2) is 60.0 Å². The monoisotopic (exact) mass is 351 g/mol. The zero-order valence-electron chi connectivity index (χ0n) is 14.2. The van der Waals surface area contributed by atoms with Gasteiger partial charge >= 0.3 is 0 Å². The van der Waals surface area contributed by atoms with Crippen molar-refractivity contribution in [1.29, 1.82) is 0 Å². The van der Waals surface area contributed by atoms with Crippen LogP contribution in [0.4, 0.5) is 10.8 Å². The van der Waals surface area contributed by atoms with Crippen LogP contribution in [0.1, 0.15) is 23.7 Å².